The number of aromatic nitrogens is 1. The number of halogens is 1. The second kappa shape index (κ2) is 7.60. The molecular formula is C21H26FN2O2Si. The highest BCUT2D eigenvalue weighted by Gasteiger charge is 2.30. The molecule has 0 spiro atoms. The summed E-state index contributed by atoms with van der Waals surface area (Å²) in [5, 5.41) is 0. The molecule has 1 saturated heterocycles. The topological polar surface area (TPSA) is 34.6 Å². The zero-order valence-corrected chi connectivity index (χ0v) is 17.2. The summed E-state index contributed by atoms with van der Waals surface area (Å²) in [6, 6.07) is 10.2. The number of hydrogen-bond acceptors (Lipinski definition) is 4. The van der Waals surface area contributed by atoms with E-state index in [0.717, 1.165) is 30.1 Å². The monoisotopic (exact) mass is 385 g/mol. The number of nitrogens with zero attached hydrogens (tertiary/aromatic N) is 2. The third kappa shape index (κ3) is 4.01. The van der Waals surface area contributed by atoms with Crippen molar-refractivity contribution in [3.63, 3.8) is 0 Å². The molecule has 1 aromatic heterocycles. The molecule has 6 heteroatoms. The Balaban J connectivity index is 1.45. The summed E-state index contributed by atoms with van der Waals surface area (Å²) in [6.45, 7) is 8.25. The standard InChI is InChI=1S/C21H26FN2O2Si/c1-14-8-17(9-15(2)23-14)12-27-7-4-24(13-27)16(3)18-10-20-21(11-19(18)22)26-6-5-25-20/h8-11,16H,4-7,12-13H2,1-3H3/t16-/m1/s1. The van der Waals surface area contributed by atoms with Crippen molar-refractivity contribution in [1.29, 1.82) is 0 Å². The first kappa shape index (κ1) is 18.4. The maximum atomic E-state index is 14.7. The van der Waals surface area contributed by atoms with Gasteiger partial charge in [-0.3, -0.25) is 9.88 Å². The van der Waals surface area contributed by atoms with E-state index in [4.69, 9.17) is 9.47 Å². The SMILES string of the molecule is Cc1cc(C[Si]2CCN([C@H](C)c3cc4c(cc3F)OCCO4)C2)cc(C)n1. The van der Waals surface area contributed by atoms with Crippen molar-refractivity contribution < 1.29 is 13.9 Å². The molecule has 4 nitrogen and oxygen atoms in total. The normalized spacial score (nSPS) is 18.7. The van der Waals surface area contributed by atoms with Crippen molar-refractivity contribution in [2.24, 2.45) is 0 Å². The molecule has 0 aliphatic carbocycles. The molecule has 0 unspecified atom stereocenters. The minimum Gasteiger partial charge on any atom is -0.486 e. The van der Waals surface area contributed by atoms with Gasteiger partial charge in [-0.15, -0.1) is 0 Å². The molecule has 3 heterocycles. The average molecular weight is 386 g/mol. The second-order valence-electron chi connectivity index (χ2n) is 7.60. The van der Waals surface area contributed by atoms with E-state index in [-0.39, 0.29) is 11.9 Å². The Morgan fingerprint density at radius 1 is 1.11 bits per heavy atom. The molecule has 1 atom stereocenters. The van der Waals surface area contributed by atoms with Crippen LogP contribution < -0.4 is 9.47 Å². The summed E-state index contributed by atoms with van der Waals surface area (Å²) in [6.07, 6.45) is 1.08. The number of ether oxygens (including phenoxy) is 2. The molecule has 1 fully saturated rings. The molecule has 0 N–H and O–H groups in total. The van der Waals surface area contributed by atoms with E-state index in [0.29, 0.717) is 30.3 Å². The van der Waals surface area contributed by atoms with Crippen molar-refractivity contribution in [3.8, 4) is 11.5 Å². The zero-order valence-electron chi connectivity index (χ0n) is 16.2. The smallest absolute Gasteiger partial charge is 0.164 e. The molecule has 2 aliphatic rings. The highest BCUT2D eigenvalue weighted by Crippen LogP contribution is 2.37. The lowest BCUT2D eigenvalue weighted by molar-refractivity contribution is 0.169. The first-order chi connectivity index (χ1) is 13.0. The predicted molar refractivity (Wildman–Crippen MR) is 105 cm³/mol. The summed E-state index contributed by atoms with van der Waals surface area (Å²) in [7, 11) is -0.507. The van der Waals surface area contributed by atoms with Crippen LogP contribution in [-0.4, -0.2) is 44.6 Å². The fourth-order valence-corrected chi connectivity index (χ4v) is 6.97. The van der Waals surface area contributed by atoms with Crippen molar-refractivity contribution in [2.75, 3.05) is 25.9 Å². The predicted octanol–water partition coefficient (Wildman–Crippen LogP) is 3.80. The highest BCUT2D eigenvalue weighted by atomic mass is 28.3. The summed E-state index contributed by atoms with van der Waals surface area (Å²) in [4.78, 5) is 6.89. The van der Waals surface area contributed by atoms with Crippen molar-refractivity contribution in [1.82, 2.24) is 9.88 Å². The first-order valence-electron chi connectivity index (χ1n) is 9.60. The van der Waals surface area contributed by atoms with Gasteiger partial charge in [-0.25, -0.2) is 4.39 Å². The molecule has 143 valence electrons. The molecular weight excluding hydrogens is 359 g/mol. The Morgan fingerprint density at radius 2 is 1.78 bits per heavy atom. The highest BCUT2D eigenvalue weighted by molar-refractivity contribution is 6.59. The van der Waals surface area contributed by atoms with E-state index in [1.54, 1.807) is 0 Å². The number of rotatable bonds is 4. The van der Waals surface area contributed by atoms with E-state index in [2.05, 4.69) is 42.8 Å². The van der Waals surface area contributed by atoms with Gasteiger partial charge in [-0.05, 0) is 69.3 Å². The fraction of sp³-hybridized carbons (Fsp3) is 0.476. The van der Waals surface area contributed by atoms with Crippen molar-refractivity contribution >= 4 is 8.80 Å². The van der Waals surface area contributed by atoms with Crippen LogP contribution in [0.5, 0.6) is 11.5 Å². The van der Waals surface area contributed by atoms with E-state index in [1.807, 2.05) is 6.07 Å². The van der Waals surface area contributed by atoms with Crippen LogP contribution in [0.15, 0.2) is 24.3 Å². The van der Waals surface area contributed by atoms with Gasteiger partial charge in [0.25, 0.3) is 0 Å². The number of aryl methyl sites for hydroxylation is 2. The van der Waals surface area contributed by atoms with E-state index >= 15 is 0 Å². The van der Waals surface area contributed by atoms with Gasteiger partial charge in [0.2, 0.25) is 0 Å². The largest absolute Gasteiger partial charge is 0.486 e. The Hall–Kier alpha value is -1.92. The lowest BCUT2D eigenvalue weighted by Gasteiger charge is -2.27. The van der Waals surface area contributed by atoms with Crippen LogP contribution in [0, 0.1) is 19.7 Å². The third-order valence-corrected chi connectivity index (χ3v) is 8.13. The molecule has 1 aromatic carbocycles. The summed E-state index contributed by atoms with van der Waals surface area (Å²) >= 11 is 0. The first-order valence-corrected chi connectivity index (χ1v) is 11.7. The van der Waals surface area contributed by atoms with E-state index in [1.165, 1.54) is 17.7 Å². The van der Waals surface area contributed by atoms with Crippen LogP contribution in [0.3, 0.4) is 0 Å². The summed E-state index contributed by atoms with van der Waals surface area (Å²) < 4.78 is 25.8. The van der Waals surface area contributed by atoms with Gasteiger partial charge >= 0.3 is 0 Å². The Bertz CT molecular complexity index is 825. The maximum absolute atomic E-state index is 14.7. The number of fused-ring (bicyclic) bond motifs is 1. The van der Waals surface area contributed by atoms with Gasteiger partial charge in [0.15, 0.2) is 11.5 Å². The fourth-order valence-electron chi connectivity index (χ4n) is 4.13. The van der Waals surface area contributed by atoms with Crippen molar-refractivity contribution in [2.45, 2.75) is 38.9 Å². The minimum absolute atomic E-state index is 0.0456. The van der Waals surface area contributed by atoms with E-state index in [9.17, 15) is 4.39 Å². The van der Waals surface area contributed by atoms with E-state index < -0.39 is 8.80 Å². The maximum Gasteiger partial charge on any atom is 0.164 e. The zero-order chi connectivity index (χ0) is 19.0. The van der Waals surface area contributed by atoms with Gasteiger partial charge in [0, 0.05) is 29.1 Å². The van der Waals surface area contributed by atoms with Crippen LogP contribution in [0.25, 0.3) is 0 Å². The number of pyridine rings is 1. The van der Waals surface area contributed by atoms with Crippen LogP contribution in [-0.2, 0) is 6.04 Å². The Morgan fingerprint density at radius 3 is 2.48 bits per heavy atom. The minimum atomic E-state index is -0.507. The Kier molecular flexibility index (Phi) is 5.19. The number of hydrogen-bond donors (Lipinski definition) is 0. The molecule has 1 radical (unpaired) electrons. The van der Waals surface area contributed by atoms with Crippen LogP contribution in [0.2, 0.25) is 6.04 Å². The molecule has 27 heavy (non-hydrogen) atoms. The van der Waals surface area contributed by atoms with Gasteiger partial charge in [0.1, 0.15) is 19.0 Å². The number of benzene rings is 1. The Labute approximate surface area is 161 Å². The quantitative estimate of drug-likeness (QED) is 0.750. The second-order valence-corrected chi connectivity index (χ2v) is 10.3. The van der Waals surface area contributed by atoms with Gasteiger partial charge in [-0.1, -0.05) is 0 Å². The van der Waals surface area contributed by atoms with Crippen LogP contribution in [0.1, 0.15) is 35.5 Å². The van der Waals surface area contributed by atoms with Gasteiger partial charge in [0.05, 0.1) is 8.80 Å². The third-order valence-electron chi connectivity index (χ3n) is 5.43. The van der Waals surface area contributed by atoms with Crippen LogP contribution >= 0.6 is 0 Å². The van der Waals surface area contributed by atoms with Gasteiger partial charge < -0.3 is 9.47 Å². The lowest BCUT2D eigenvalue weighted by Crippen LogP contribution is -2.29. The molecule has 0 amide bonds. The van der Waals surface area contributed by atoms with Crippen LogP contribution in [0.4, 0.5) is 4.39 Å². The van der Waals surface area contributed by atoms with Gasteiger partial charge in [-0.2, -0.15) is 0 Å². The molecule has 2 aliphatic heterocycles. The molecule has 4 rings (SSSR count). The summed E-state index contributed by atoms with van der Waals surface area (Å²) in [5.41, 5.74) is 4.29. The average Bonchev–Trinajstić information content (AvgIpc) is 3.08. The molecule has 2 aromatic rings. The molecule has 0 bridgehead atoms. The molecule has 0 saturated carbocycles. The summed E-state index contributed by atoms with van der Waals surface area (Å²) in [5.74, 6) is 0.981. The van der Waals surface area contributed by atoms with Crippen molar-refractivity contribution in [3.05, 3.63) is 52.6 Å². The lowest BCUT2D eigenvalue weighted by atomic mass is 10.1.